The van der Waals surface area contributed by atoms with Crippen LogP contribution in [0.3, 0.4) is 0 Å². The Hall–Kier alpha value is -3.34. The topological polar surface area (TPSA) is 64.6 Å². The van der Waals surface area contributed by atoms with Gasteiger partial charge in [-0.25, -0.2) is 4.79 Å². The van der Waals surface area contributed by atoms with E-state index in [-0.39, 0.29) is 24.3 Å². The summed E-state index contributed by atoms with van der Waals surface area (Å²) in [5.74, 6) is -0.371. The van der Waals surface area contributed by atoms with Crippen LogP contribution in [0.4, 0.5) is 0 Å². The zero-order valence-corrected chi connectivity index (χ0v) is 18.1. The van der Waals surface area contributed by atoms with E-state index in [0.29, 0.717) is 12.0 Å². The number of nitrogens with one attached hydrogen (secondary N) is 1. The molecule has 1 aliphatic heterocycles. The first-order chi connectivity index (χ1) is 15.0. The van der Waals surface area contributed by atoms with Crippen LogP contribution in [0.5, 0.6) is 5.75 Å². The predicted octanol–water partition coefficient (Wildman–Crippen LogP) is 4.48. The van der Waals surface area contributed by atoms with Crippen molar-refractivity contribution in [1.29, 1.82) is 0 Å². The third-order valence-corrected chi connectivity index (χ3v) is 6.06. The van der Waals surface area contributed by atoms with Gasteiger partial charge in [0.2, 0.25) is 0 Å². The monoisotopic (exact) mass is 417 g/mol. The molecule has 1 heterocycles. The molecule has 5 heteroatoms. The number of carbonyl (C=O) groups excluding carboxylic acids is 2. The highest BCUT2D eigenvalue weighted by molar-refractivity contribution is 5.96. The van der Waals surface area contributed by atoms with Gasteiger partial charge in [-0.05, 0) is 37.1 Å². The standard InChI is InChI=1S/C26H27NO4/c1-4-31-26(29)23-16(2)27-21-14-19(17-8-6-5-7-9-17)15-22(28)25(21)24(23)18-10-12-20(30-3)13-11-18/h5-14,19,24-25,27H,4,15H2,1-3H3. The van der Waals surface area contributed by atoms with Gasteiger partial charge in [0.1, 0.15) is 11.5 Å². The number of Topliss-reactive ketones (excluding diaryl/α,β-unsaturated/α-hetero) is 1. The van der Waals surface area contributed by atoms with Crippen LogP contribution < -0.4 is 10.1 Å². The summed E-state index contributed by atoms with van der Waals surface area (Å²) in [5.41, 5.74) is 4.11. The highest BCUT2D eigenvalue weighted by Gasteiger charge is 2.44. The summed E-state index contributed by atoms with van der Waals surface area (Å²) >= 11 is 0. The second kappa shape index (κ2) is 8.80. The van der Waals surface area contributed by atoms with Crippen LogP contribution in [0.1, 0.15) is 43.2 Å². The van der Waals surface area contributed by atoms with E-state index in [1.807, 2.05) is 61.5 Å². The van der Waals surface area contributed by atoms with Gasteiger partial charge in [-0.15, -0.1) is 0 Å². The van der Waals surface area contributed by atoms with Gasteiger partial charge in [0.15, 0.2) is 0 Å². The Kier molecular flexibility index (Phi) is 5.94. The van der Waals surface area contributed by atoms with Crippen molar-refractivity contribution < 1.29 is 19.1 Å². The average molecular weight is 418 g/mol. The molecule has 0 radical (unpaired) electrons. The molecule has 2 aromatic rings. The van der Waals surface area contributed by atoms with Crippen molar-refractivity contribution in [2.24, 2.45) is 5.92 Å². The summed E-state index contributed by atoms with van der Waals surface area (Å²) in [4.78, 5) is 26.4. The molecule has 0 fully saturated rings. The Morgan fingerprint density at radius 2 is 1.74 bits per heavy atom. The Morgan fingerprint density at radius 3 is 2.39 bits per heavy atom. The minimum atomic E-state index is -0.448. The van der Waals surface area contributed by atoms with Crippen LogP contribution >= 0.6 is 0 Å². The third-order valence-electron chi connectivity index (χ3n) is 6.06. The van der Waals surface area contributed by atoms with Gasteiger partial charge >= 0.3 is 5.97 Å². The Labute approximate surface area is 182 Å². The maximum Gasteiger partial charge on any atom is 0.336 e. The molecule has 0 saturated carbocycles. The average Bonchev–Trinajstić information content (AvgIpc) is 2.78. The summed E-state index contributed by atoms with van der Waals surface area (Å²) in [6, 6.07) is 17.6. The van der Waals surface area contributed by atoms with Crippen molar-refractivity contribution in [3.8, 4) is 5.75 Å². The highest BCUT2D eigenvalue weighted by Crippen LogP contribution is 2.46. The molecule has 0 aromatic heterocycles. The first-order valence-electron chi connectivity index (χ1n) is 10.6. The summed E-state index contributed by atoms with van der Waals surface area (Å²) in [6.07, 6.45) is 2.55. The van der Waals surface area contributed by atoms with Crippen LogP contribution in [0.15, 0.2) is 77.6 Å². The molecule has 2 aliphatic rings. The fourth-order valence-corrected chi connectivity index (χ4v) is 4.64. The number of methoxy groups -OCH3 is 1. The van der Waals surface area contributed by atoms with Gasteiger partial charge in [0.05, 0.1) is 25.2 Å². The van der Waals surface area contributed by atoms with Gasteiger partial charge in [-0.3, -0.25) is 4.79 Å². The molecule has 4 rings (SSSR count). The van der Waals surface area contributed by atoms with E-state index >= 15 is 0 Å². The third kappa shape index (κ3) is 4.00. The molecule has 3 atom stereocenters. The van der Waals surface area contributed by atoms with Crippen molar-refractivity contribution in [2.75, 3.05) is 13.7 Å². The van der Waals surface area contributed by atoms with E-state index in [4.69, 9.17) is 9.47 Å². The Morgan fingerprint density at radius 1 is 1.03 bits per heavy atom. The zero-order chi connectivity index (χ0) is 22.0. The number of hydrogen-bond acceptors (Lipinski definition) is 5. The van der Waals surface area contributed by atoms with Crippen LogP contribution in [0.2, 0.25) is 0 Å². The van der Waals surface area contributed by atoms with Gasteiger partial charge in [0.25, 0.3) is 0 Å². The first kappa shape index (κ1) is 20.9. The van der Waals surface area contributed by atoms with Gasteiger partial charge in [-0.2, -0.15) is 0 Å². The lowest BCUT2D eigenvalue weighted by molar-refractivity contribution is -0.139. The van der Waals surface area contributed by atoms with Crippen molar-refractivity contribution in [2.45, 2.75) is 32.1 Å². The van der Waals surface area contributed by atoms with Gasteiger partial charge in [-0.1, -0.05) is 48.5 Å². The smallest absolute Gasteiger partial charge is 0.336 e. The molecular formula is C26H27NO4. The lowest BCUT2D eigenvalue weighted by Crippen LogP contribution is -2.41. The number of ether oxygens (including phenoxy) is 2. The van der Waals surface area contributed by atoms with Crippen LogP contribution in [-0.2, 0) is 14.3 Å². The normalized spacial score (nSPS) is 22.9. The number of ketones is 1. The molecule has 5 nitrogen and oxygen atoms in total. The minimum Gasteiger partial charge on any atom is -0.497 e. The largest absolute Gasteiger partial charge is 0.497 e. The molecule has 1 N–H and O–H groups in total. The molecule has 1 aliphatic carbocycles. The Balaban J connectivity index is 1.81. The second-order valence-electron chi connectivity index (χ2n) is 7.92. The minimum absolute atomic E-state index is 0.0147. The van der Waals surface area contributed by atoms with E-state index in [1.165, 1.54) is 0 Å². The molecule has 0 bridgehead atoms. The number of esters is 1. The molecule has 0 saturated heterocycles. The molecule has 2 aromatic carbocycles. The number of fused-ring (bicyclic) bond motifs is 1. The number of benzene rings is 2. The quantitative estimate of drug-likeness (QED) is 0.727. The maximum atomic E-state index is 13.5. The first-order valence-corrected chi connectivity index (χ1v) is 10.6. The maximum absolute atomic E-state index is 13.5. The molecule has 0 amide bonds. The fraction of sp³-hybridized carbons (Fsp3) is 0.308. The SMILES string of the molecule is CCOC(=O)C1=C(C)NC2=CC(c3ccccc3)CC(=O)C2C1c1ccc(OC)cc1. The fourth-order valence-electron chi connectivity index (χ4n) is 4.64. The second-order valence-corrected chi connectivity index (χ2v) is 7.92. The van der Waals surface area contributed by atoms with Crippen LogP contribution in [-0.4, -0.2) is 25.5 Å². The van der Waals surface area contributed by atoms with Crippen LogP contribution in [0.25, 0.3) is 0 Å². The van der Waals surface area contributed by atoms with Crippen molar-refractivity contribution >= 4 is 11.8 Å². The van der Waals surface area contributed by atoms with Crippen molar-refractivity contribution in [3.05, 3.63) is 88.8 Å². The van der Waals surface area contributed by atoms with E-state index in [9.17, 15) is 9.59 Å². The van der Waals surface area contributed by atoms with E-state index in [2.05, 4.69) is 11.4 Å². The zero-order valence-electron chi connectivity index (χ0n) is 18.1. The van der Waals surface area contributed by atoms with Gasteiger partial charge in [0, 0.05) is 29.7 Å². The van der Waals surface area contributed by atoms with Crippen molar-refractivity contribution in [3.63, 3.8) is 0 Å². The molecule has 3 unspecified atom stereocenters. The number of hydrogen-bond donors (Lipinski definition) is 1. The summed E-state index contributed by atoms with van der Waals surface area (Å²) in [7, 11) is 1.61. The molecular weight excluding hydrogens is 390 g/mol. The number of allylic oxidation sites excluding steroid dienone is 3. The summed E-state index contributed by atoms with van der Waals surface area (Å²) in [5, 5.41) is 3.35. The number of carbonyl (C=O) groups is 2. The van der Waals surface area contributed by atoms with E-state index in [1.54, 1.807) is 14.0 Å². The number of rotatable bonds is 5. The van der Waals surface area contributed by atoms with Crippen molar-refractivity contribution in [1.82, 2.24) is 5.32 Å². The highest BCUT2D eigenvalue weighted by atomic mass is 16.5. The summed E-state index contributed by atoms with van der Waals surface area (Å²) in [6.45, 7) is 3.94. The lowest BCUT2D eigenvalue weighted by atomic mass is 9.68. The summed E-state index contributed by atoms with van der Waals surface area (Å²) < 4.78 is 10.6. The van der Waals surface area contributed by atoms with E-state index in [0.717, 1.165) is 28.3 Å². The van der Waals surface area contributed by atoms with E-state index < -0.39 is 11.8 Å². The molecule has 31 heavy (non-hydrogen) atoms. The van der Waals surface area contributed by atoms with Gasteiger partial charge < -0.3 is 14.8 Å². The van der Waals surface area contributed by atoms with Crippen LogP contribution in [0, 0.1) is 5.92 Å². The lowest BCUT2D eigenvalue weighted by Gasteiger charge is -2.39. The predicted molar refractivity (Wildman–Crippen MR) is 119 cm³/mol. The molecule has 160 valence electrons. The Bertz CT molecular complexity index is 1040. The molecule has 0 spiro atoms.